The number of rotatable bonds is 7. The van der Waals surface area contributed by atoms with Crippen molar-refractivity contribution in [2.75, 3.05) is 10.9 Å². The summed E-state index contributed by atoms with van der Waals surface area (Å²) in [6.45, 7) is 0. The van der Waals surface area contributed by atoms with Crippen LogP contribution in [0.15, 0.2) is 81.5 Å². The smallest absolute Gasteiger partial charge is 0.335 e. The van der Waals surface area contributed by atoms with Crippen LogP contribution in [0.4, 0.5) is 11.4 Å². The lowest BCUT2D eigenvalue weighted by atomic mass is 10.1. The SMILES string of the molecule is N=C1OC(c2ccco2)C(=N\Nc2ccc(C(=O)O)cc2)/C1=N/Nc1cccc(C(=O)O)c1. The van der Waals surface area contributed by atoms with E-state index in [0.29, 0.717) is 17.1 Å². The minimum atomic E-state index is -1.08. The number of carbonyl (C=O) groups is 2. The number of furan rings is 1. The molecular weight excluding hydrogens is 430 g/mol. The third kappa shape index (κ3) is 4.71. The first-order valence-electron chi connectivity index (χ1n) is 9.55. The highest BCUT2D eigenvalue weighted by Crippen LogP contribution is 2.27. The van der Waals surface area contributed by atoms with Crippen molar-refractivity contribution in [3.63, 3.8) is 0 Å². The van der Waals surface area contributed by atoms with E-state index in [4.69, 9.17) is 24.8 Å². The van der Waals surface area contributed by atoms with Crippen LogP contribution in [-0.2, 0) is 4.74 Å². The van der Waals surface area contributed by atoms with Crippen LogP contribution >= 0.6 is 0 Å². The summed E-state index contributed by atoms with van der Waals surface area (Å²) < 4.78 is 11.0. The maximum absolute atomic E-state index is 11.2. The van der Waals surface area contributed by atoms with Gasteiger partial charge in [0.2, 0.25) is 12.0 Å². The van der Waals surface area contributed by atoms with E-state index in [9.17, 15) is 9.59 Å². The van der Waals surface area contributed by atoms with E-state index >= 15 is 0 Å². The van der Waals surface area contributed by atoms with Gasteiger partial charge >= 0.3 is 11.9 Å². The Kier molecular flexibility index (Phi) is 5.85. The molecule has 11 nitrogen and oxygen atoms in total. The first-order chi connectivity index (χ1) is 15.9. The molecule has 11 heteroatoms. The van der Waals surface area contributed by atoms with Gasteiger partial charge in [-0.1, -0.05) is 6.07 Å². The maximum atomic E-state index is 11.2. The molecule has 4 rings (SSSR count). The minimum absolute atomic E-state index is 0.0757. The second kappa shape index (κ2) is 9.06. The van der Waals surface area contributed by atoms with Gasteiger partial charge in [-0.15, -0.1) is 0 Å². The molecule has 1 atom stereocenters. The van der Waals surface area contributed by atoms with Gasteiger partial charge in [0, 0.05) is 0 Å². The quantitative estimate of drug-likeness (QED) is 0.342. The minimum Gasteiger partial charge on any atom is -0.478 e. The zero-order valence-electron chi connectivity index (χ0n) is 16.9. The van der Waals surface area contributed by atoms with Gasteiger partial charge in [-0.25, -0.2) is 9.59 Å². The van der Waals surface area contributed by atoms with Crippen LogP contribution < -0.4 is 10.9 Å². The Morgan fingerprint density at radius 2 is 1.61 bits per heavy atom. The second-order valence-electron chi connectivity index (χ2n) is 6.79. The monoisotopic (exact) mass is 447 g/mol. The average molecular weight is 447 g/mol. The van der Waals surface area contributed by atoms with E-state index in [1.807, 2.05) is 0 Å². The summed E-state index contributed by atoms with van der Waals surface area (Å²) in [5, 5.41) is 34.9. The number of anilines is 2. The normalized spacial score (nSPS) is 17.7. The molecular formula is C22H17N5O6. The molecule has 5 N–H and O–H groups in total. The topological polar surface area (TPSA) is 170 Å². The van der Waals surface area contributed by atoms with Gasteiger partial charge in [-0.3, -0.25) is 16.3 Å². The number of benzene rings is 2. The number of hydrogen-bond acceptors (Lipinski definition) is 9. The molecule has 0 bridgehead atoms. The van der Waals surface area contributed by atoms with Gasteiger partial charge in [0.1, 0.15) is 5.71 Å². The molecule has 166 valence electrons. The van der Waals surface area contributed by atoms with E-state index in [1.54, 1.807) is 36.4 Å². The number of nitrogens with one attached hydrogen (secondary N) is 3. The summed E-state index contributed by atoms with van der Waals surface area (Å²) >= 11 is 0. The lowest BCUT2D eigenvalue weighted by Crippen LogP contribution is -2.19. The number of aromatic carboxylic acids is 2. The fourth-order valence-electron chi connectivity index (χ4n) is 2.98. The lowest BCUT2D eigenvalue weighted by molar-refractivity contribution is 0.0686. The van der Waals surface area contributed by atoms with Crippen LogP contribution in [-0.4, -0.2) is 39.5 Å². The molecule has 1 fully saturated rings. The van der Waals surface area contributed by atoms with Crippen LogP contribution in [0.5, 0.6) is 0 Å². The molecule has 0 spiro atoms. The van der Waals surface area contributed by atoms with Crippen molar-refractivity contribution in [1.82, 2.24) is 0 Å². The molecule has 0 saturated carbocycles. The van der Waals surface area contributed by atoms with E-state index < -0.39 is 18.0 Å². The Labute approximate surface area is 186 Å². The average Bonchev–Trinajstić information content (AvgIpc) is 3.44. The number of ether oxygens (including phenoxy) is 1. The fourth-order valence-corrected chi connectivity index (χ4v) is 2.98. The Balaban J connectivity index is 1.63. The predicted molar refractivity (Wildman–Crippen MR) is 119 cm³/mol. The lowest BCUT2D eigenvalue weighted by Gasteiger charge is -2.08. The first kappa shape index (κ1) is 21.3. The van der Waals surface area contributed by atoms with Crippen LogP contribution in [0, 0.1) is 5.41 Å². The van der Waals surface area contributed by atoms with Crippen molar-refractivity contribution in [1.29, 1.82) is 5.41 Å². The van der Waals surface area contributed by atoms with Gasteiger partial charge in [0.25, 0.3) is 0 Å². The molecule has 1 aromatic heterocycles. The summed E-state index contributed by atoms with van der Waals surface area (Å²) in [6.07, 6.45) is 0.618. The highest BCUT2D eigenvalue weighted by Gasteiger charge is 2.39. The van der Waals surface area contributed by atoms with Crippen molar-refractivity contribution in [2.24, 2.45) is 10.2 Å². The Hall–Kier alpha value is -4.93. The molecule has 1 aliphatic heterocycles. The van der Waals surface area contributed by atoms with Gasteiger partial charge < -0.3 is 19.4 Å². The van der Waals surface area contributed by atoms with Gasteiger partial charge in [-0.2, -0.15) is 10.2 Å². The molecule has 1 saturated heterocycles. The molecule has 0 amide bonds. The molecule has 0 aliphatic carbocycles. The maximum Gasteiger partial charge on any atom is 0.335 e. The summed E-state index contributed by atoms with van der Waals surface area (Å²) in [5.74, 6) is -1.99. The highest BCUT2D eigenvalue weighted by molar-refractivity contribution is 6.69. The molecule has 1 unspecified atom stereocenters. The van der Waals surface area contributed by atoms with Crippen LogP contribution in [0.25, 0.3) is 0 Å². The standard InChI is InChI=1S/C22H17N5O6/c23-20-18(27-25-15-4-1-3-13(11-15)22(30)31)17(19(33-20)16-5-2-10-32-16)26-24-14-8-6-12(7-9-14)21(28)29/h1-11,19,23-25H,(H,28,29)(H,30,31)/b23-20?,26-17-,27-18-. The molecule has 2 heterocycles. The van der Waals surface area contributed by atoms with E-state index in [2.05, 4.69) is 21.1 Å². The zero-order chi connectivity index (χ0) is 23.4. The van der Waals surface area contributed by atoms with Crippen molar-refractivity contribution >= 4 is 40.6 Å². The number of carboxylic acids is 2. The predicted octanol–water partition coefficient (Wildman–Crippen LogP) is 3.66. The third-order valence-corrected chi connectivity index (χ3v) is 4.59. The number of hydrogen-bond donors (Lipinski definition) is 5. The third-order valence-electron chi connectivity index (χ3n) is 4.59. The fraction of sp³-hybridized carbons (Fsp3) is 0.0455. The Morgan fingerprint density at radius 3 is 2.27 bits per heavy atom. The van der Waals surface area contributed by atoms with Gasteiger partial charge in [0.05, 0.1) is 28.8 Å². The van der Waals surface area contributed by atoms with E-state index in [0.717, 1.165) is 0 Å². The van der Waals surface area contributed by atoms with Crippen molar-refractivity contribution < 1.29 is 29.0 Å². The second-order valence-corrected chi connectivity index (χ2v) is 6.79. The number of hydrazone groups is 2. The molecule has 3 aromatic rings. The Bertz CT molecular complexity index is 1260. The molecule has 33 heavy (non-hydrogen) atoms. The zero-order valence-corrected chi connectivity index (χ0v) is 16.9. The van der Waals surface area contributed by atoms with Crippen LogP contribution in [0.3, 0.4) is 0 Å². The van der Waals surface area contributed by atoms with Gasteiger partial charge in [-0.05, 0) is 54.6 Å². The molecule has 1 aliphatic rings. The summed E-state index contributed by atoms with van der Waals surface area (Å²) in [5.41, 5.74) is 6.95. The summed E-state index contributed by atoms with van der Waals surface area (Å²) in [4.78, 5) is 22.2. The van der Waals surface area contributed by atoms with Crippen molar-refractivity contribution in [3.8, 4) is 0 Å². The summed E-state index contributed by atoms with van der Waals surface area (Å²) in [6, 6.07) is 15.3. The van der Waals surface area contributed by atoms with Gasteiger partial charge in [0.15, 0.2) is 11.5 Å². The number of nitrogens with zero attached hydrogens (tertiary/aromatic N) is 2. The largest absolute Gasteiger partial charge is 0.478 e. The van der Waals surface area contributed by atoms with Crippen molar-refractivity contribution in [2.45, 2.75) is 6.10 Å². The first-order valence-corrected chi connectivity index (χ1v) is 9.55. The molecule has 2 aromatic carbocycles. The number of carboxylic acid groups (broad SMARTS) is 2. The Morgan fingerprint density at radius 1 is 0.879 bits per heavy atom. The highest BCUT2D eigenvalue weighted by atomic mass is 16.5. The van der Waals surface area contributed by atoms with Crippen LogP contribution in [0.2, 0.25) is 0 Å². The van der Waals surface area contributed by atoms with E-state index in [-0.39, 0.29) is 28.4 Å². The van der Waals surface area contributed by atoms with Crippen molar-refractivity contribution in [3.05, 3.63) is 83.8 Å². The summed E-state index contributed by atoms with van der Waals surface area (Å²) in [7, 11) is 0. The van der Waals surface area contributed by atoms with Crippen LogP contribution in [0.1, 0.15) is 32.6 Å². The molecule has 0 radical (unpaired) electrons. The van der Waals surface area contributed by atoms with E-state index in [1.165, 1.54) is 30.5 Å².